The summed E-state index contributed by atoms with van der Waals surface area (Å²) < 4.78 is 3.25. The topological polar surface area (TPSA) is 63.9 Å². The SMILES string of the molecule is CC(=O)N1CCC(n2cc(-c3ccc4ncsc4c3)c(-c3cccc(C)n3)n2)CC1. The van der Waals surface area contributed by atoms with E-state index in [0.29, 0.717) is 0 Å². The lowest BCUT2D eigenvalue weighted by molar-refractivity contribution is -0.130. The summed E-state index contributed by atoms with van der Waals surface area (Å²) in [6.45, 7) is 5.20. The van der Waals surface area contributed by atoms with Crippen molar-refractivity contribution < 1.29 is 4.79 Å². The lowest BCUT2D eigenvalue weighted by atomic mass is 10.0. The number of thiazole rings is 1. The highest BCUT2D eigenvalue weighted by atomic mass is 32.1. The van der Waals surface area contributed by atoms with Crippen LogP contribution in [0, 0.1) is 6.92 Å². The van der Waals surface area contributed by atoms with E-state index in [9.17, 15) is 4.79 Å². The highest BCUT2D eigenvalue weighted by molar-refractivity contribution is 7.16. The molecular weight excluding hydrogens is 394 g/mol. The molecule has 4 heterocycles. The lowest BCUT2D eigenvalue weighted by Crippen LogP contribution is -2.37. The molecule has 1 fully saturated rings. The molecule has 4 aromatic rings. The van der Waals surface area contributed by atoms with E-state index in [4.69, 9.17) is 10.1 Å². The number of pyridine rings is 1. The number of fused-ring (bicyclic) bond motifs is 1. The molecule has 1 aliphatic rings. The predicted octanol–water partition coefficient (Wildman–Crippen LogP) is 4.71. The second kappa shape index (κ2) is 7.65. The summed E-state index contributed by atoms with van der Waals surface area (Å²) in [5, 5.41) is 5.00. The van der Waals surface area contributed by atoms with Gasteiger partial charge in [0.1, 0.15) is 5.69 Å². The number of piperidine rings is 1. The number of nitrogens with zero attached hydrogens (tertiary/aromatic N) is 5. The van der Waals surface area contributed by atoms with Gasteiger partial charge in [0, 0.05) is 37.5 Å². The molecule has 5 rings (SSSR count). The number of hydrogen-bond acceptors (Lipinski definition) is 5. The van der Waals surface area contributed by atoms with Gasteiger partial charge in [0.2, 0.25) is 5.91 Å². The summed E-state index contributed by atoms with van der Waals surface area (Å²) in [4.78, 5) is 22.7. The molecule has 0 saturated carbocycles. The Morgan fingerprint density at radius 1 is 1.17 bits per heavy atom. The van der Waals surface area contributed by atoms with E-state index in [-0.39, 0.29) is 11.9 Å². The van der Waals surface area contributed by atoms with Crippen LogP contribution in [0.25, 0.3) is 32.7 Å². The second-order valence-corrected chi connectivity index (χ2v) is 8.69. The number of hydrogen-bond donors (Lipinski definition) is 0. The number of benzene rings is 1. The van der Waals surface area contributed by atoms with Crippen LogP contribution >= 0.6 is 11.3 Å². The molecular formula is C23H23N5OS. The highest BCUT2D eigenvalue weighted by Gasteiger charge is 2.25. The number of carbonyl (C=O) groups excluding carboxylic acids is 1. The van der Waals surface area contributed by atoms with E-state index in [1.807, 2.05) is 35.5 Å². The monoisotopic (exact) mass is 417 g/mol. The minimum absolute atomic E-state index is 0.150. The molecule has 1 amide bonds. The number of carbonyl (C=O) groups is 1. The maximum Gasteiger partial charge on any atom is 0.219 e. The second-order valence-electron chi connectivity index (χ2n) is 7.81. The van der Waals surface area contributed by atoms with Crippen LogP contribution in [0.5, 0.6) is 0 Å². The molecule has 0 spiro atoms. The maximum absolute atomic E-state index is 11.7. The zero-order valence-electron chi connectivity index (χ0n) is 17.1. The Hall–Kier alpha value is -3.06. The lowest BCUT2D eigenvalue weighted by Gasteiger charge is -2.31. The molecule has 0 N–H and O–H groups in total. The van der Waals surface area contributed by atoms with Crippen molar-refractivity contribution >= 4 is 27.5 Å². The van der Waals surface area contributed by atoms with Gasteiger partial charge in [0.25, 0.3) is 0 Å². The van der Waals surface area contributed by atoms with Crippen LogP contribution in [0.1, 0.15) is 31.5 Å². The van der Waals surface area contributed by atoms with Gasteiger partial charge in [-0.25, -0.2) is 4.98 Å². The first-order valence-electron chi connectivity index (χ1n) is 10.2. The van der Waals surface area contributed by atoms with Crippen LogP contribution in [0.15, 0.2) is 48.1 Å². The molecule has 7 heteroatoms. The molecule has 1 aromatic carbocycles. The Morgan fingerprint density at radius 3 is 2.77 bits per heavy atom. The molecule has 152 valence electrons. The van der Waals surface area contributed by atoms with Gasteiger partial charge in [0.15, 0.2) is 0 Å². The minimum atomic E-state index is 0.150. The van der Waals surface area contributed by atoms with Gasteiger partial charge < -0.3 is 4.90 Å². The Kier molecular flexibility index (Phi) is 4.83. The molecule has 0 aliphatic carbocycles. The van der Waals surface area contributed by atoms with Crippen molar-refractivity contribution in [2.45, 2.75) is 32.7 Å². The fourth-order valence-electron chi connectivity index (χ4n) is 4.12. The normalized spacial score (nSPS) is 15.1. The summed E-state index contributed by atoms with van der Waals surface area (Å²) in [6.07, 6.45) is 3.97. The van der Waals surface area contributed by atoms with Gasteiger partial charge in [-0.2, -0.15) is 5.10 Å². The standard InChI is InChI=1S/C23H23N5OS/c1-15-4-3-5-21(25-15)23-19(17-6-7-20-22(12-17)30-14-24-20)13-28(26-23)18-8-10-27(11-9-18)16(2)29/h3-7,12-14,18H,8-11H2,1-2H3. The third kappa shape index (κ3) is 3.50. The largest absolute Gasteiger partial charge is 0.343 e. The molecule has 3 aromatic heterocycles. The molecule has 0 atom stereocenters. The van der Waals surface area contributed by atoms with E-state index in [0.717, 1.165) is 64.4 Å². The maximum atomic E-state index is 11.7. The summed E-state index contributed by atoms with van der Waals surface area (Å²) in [5.74, 6) is 0.150. The fourth-order valence-corrected chi connectivity index (χ4v) is 4.84. The molecule has 1 saturated heterocycles. The van der Waals surface area contributed by atoms with Crippen LogP contribution in [0.2, 0.25) is 0 Å². The van der Waals surface area contributed by atoms with Crippen LogP contribution in [-0.4, -0.2) is 43.6 Å². The molecule has 1 aliphatic heterocycles. The van der Waals surface area contributed by atoms with Crippen molar-refractivity contribution in [2.75, 3.05) is 13.1 Å². The number of rotatable bonds is 3. The number of amides is 1. The fraction of sp³-hybridized carbons (Fsp3) is 0.304. The van der Waals surface area contributed by atoms with Crippen LogP contribution < -0.4 is 0 Å². The Labute approximate surface area is 179 Å². The van der Waals surface area contributed by atoms with Crippen molar-refractivity contribution in [1.29, 1.82) is 0 Å². The van der Waals surface area contributed by atoms with E-state index >= 15 is 0 Å². The first kappa shape index (κ1) is 18.9. The van der Waals surface area contributed by atoms with E-state index in [1.165, 1.54) is 0 Å². The van der Waals surface area contributed by atoms with E-state index in [1.54, 1.807) is 18.3 Å². The van der Waals surface area contributed by atoms with Gasteiger partial charge in [-0.05, 0) is 49.6 Å². The Balaban J connectivity index is 1.57. The zero-order chi connectivity index (χ0) is 20.7. The van der Waals surface area contributed by atoms with Gasteiger partial charge >= 0.3 is 0 Å². The van der Waals surface area contributed by atoms with Crippen LogP contribution in [0.3, 0.4) is 0 Å². The Bertz CT molecular complexity index is 1220. The predicted molar refractivity (Wildman–Crippen MR) is 119 cm³/mol. The van der Waals surface area contributed by atoms with E-state index < -0.39 is 0 Å². The number of likely N-dealkylation sites (tertiary alicyclic amines) is 1. The summed E-state index contributed by atoms with van der Waals surface area (Å²) in [5.41, 5.74) is 7.85. The minimum Gasteiger partial charge on any atom is -0.343 e. The quantitative estimate of drug-likeness (QED) is 0.484. The molecule has 0 unspecified atom stereocenters. The number of aryl methyl sites for hydroxylation is 1. The van der Waals surface area contributed by atoms with E-state index in [2.05, 4.69) is 34.1 Å². The van der Waals surface area contributed by atoms with Gasteiger partial charge in [-0.1, -0.05) is 12.1 Å². The summed E-state index contributed by atoms with van der Waals surface area (Å²) >= 11 is 1.65. The third-order valence-corrected chi connectivity index (χ3v) is 6.58. The van der Waals surface area contributed by atoms with Crippen molar-refractivity contribution in [3.05, 3.63) is 53.8 Å². The Morgan fingerprint density at radius 2 is 2.00 bits per heavy atom. The molecule has 6 nitrogen and oxygen atoms in total. The van der Waals surface area contributed by atoms with Crippen molar-refractivity contribution in [1.82, 2.24) is 24.6 Å². The highest BCUT2D eigenvalue weighted by Crippen LogP contribution is 2.35. The first-order valence-corrected chi connectivity index (χ1v) is 11.1. The third-order valence-electron chi connectivity index (χ3n) is 5.79. The molecule has 30 heavy (non-hydrogen) atoms. The van der Waals surface area contributed by atoms with Crippen LogP contribution in [0.4, 0.5) is 0 Å². The van der Waals surface area contributed by atoms with Crippen LogP contribution in [-0.2, 0) is 4.79 Å². The summed E-state index contributed by atoms with van der Waals surface area (Å²) in [6, 6.07) is 12.7. The average Bonchev–Trinajstić information content (AvgIpc) is 3.40. The summed E-state index contributed by atoms with van der Waals surface area (Å²) in [7, 11) is 0. The first-order chi connectivity index (χ1) is 14.6. The van der Waals surface area contributed by atoms with Crippen molar-refractivity contribution in [2.24, 2.45) is 0 Å². The number of aromatic nitrogens is 4. The van der Waals surface area contributed by atoms with Gasteiger partial charge in [0.05, 0.1) is 27.5 Å². The zero-order valence-corrected chi connectivity index (χ0v) is 17.9. The smallest absolute Gasteiger partial charge is 0.219 e. The van der Waals surface area contributed by atoms with Gasteiger partial charge in [-0.3, -0.25) is 14.5 Å². The van der Waals surface area contributed by atoms with Crippen molar-refractivity contribution in [3.8, 4) is 22.5 Å². The van der Waals surface area contributed by atoms with Crippen molar-refractivity contribution in [3.63, 3.8) is 0 Å². The average molecular weight is 418 g/mol. The molecule has 0 radical (unpaired) electrons. The molecule has 0 bridgehead atoms. The van der Waals surface area contributed by atoms with Gasteiger partial charge in [-0.15, -0.1) is 11.3 Å².